The zero-order valence-electron chi connectivity index (χ0n) is 14.0. The van der Waals surface area contributed by atoms with Gasteiger partial charge in [0, 0.05) is 37.3 Å². The lowest BCUT2D eigenvalue weighted by Crippen LogP contribution is -2.32. The molecule has 0 unspecified atom stereocenters. The summed E-state index contributed by atoms with van der Waals surface area (Å²) in [6.45, 7) is 1.96. The molecular formula is C17H17N5O3S. The number of anilines is 1. The van der Waals surface area contributed by atoms with E-state index in [4.69, 9.17) is 0 Å². The number of nitrogens with zero attached hydrogens (tertiary/aromatic N) is 2. The Morgan fingerprint density at radius 3 is 2.65 bits per heavy atom. The standard InChI is InChI=1S/C17H17N5O3S/c1-10(23)18-8-11-2-4-12(5-3-11)14-9-26-17(19-14)20-16(25)13-6-7-15(24)22-21-13/h2-5,9H,6-8H2,1H3,(H,18,23)(H,22,24)(H,19,20,25). The minimum absolute atomic E-state index is 0.0731. The Kier molecular flexibility index (Phi) is 5.37. The van der Waals surface area contributed by atoms with Crippen molar-refractivity contribution in [2.75, 3.05) is 5.32 Å². The van der Waals surface area contributed by atoms with Crippen molar-refractivity contribution in [3.63, 3.8) is 0 Å². The van der Waals surface area contributed by atoms with E-state index in [2.05, 4.69) is 26.1 Å². The van der Waals surface area contributed by atoms with E-state index in [9.17, 15) is 14.4 Å². The average molecular weight is 371 g/mol. The van der Waals surface area contributed by atoms with Crippen LogP contribution in [0.3, 0.4) is 0 Å². The molecule has 2 heterocycles. The van der Waals surface area contributed by atoms with Crippen LogP contribution in [0.1, 0.15) is 25.3 Å². The van der Waals surface area contributed by atoms with Gasteiger partial charge >= 0.3 is 0 Å². The first kappa shape index (κ1) is 17.7. The maximum Gasteiger partial charge on any atom is 0.273 e. The molecular weight excluding hydrogens is 354 g/mol. The van der Waals surface area contributed by atoms with Crippen molar-refractivity contribution in [2.24, 2.45) is 5.10 Å². The highest BCUT2D eigenvalue weighted by atomic mass is 32.1. The Bertz CT molecular complexity index is 873. The minimum atomic E-state index is -0.364. The number of thiazole rings is 1. The van der Waals surface area contributed by atoms with Crippen molar-refractivity contribution in [2.45, 2.75) is 26.3 Å². The van der Waals surface area contributed by atoms with Gasteiger partial charge in [0.15, 0.2) is 5.13 Å². The summed E-state index contributed by atoms with van der Waals surface area (Å²) in [4.78, 5) is 38.5. The van der Waals surface area contributed by atoms with Gasteiger partial charge in [-0.05, 0) is 5.56 Å². The normalized spacial score (nSPS) is 13.6. The molecule has 8 nitrogen and oxygen atoms in total. The lowest BCUT2D eigenvalue weighted by molar-refractivity contribution is -0.121. The molecule has 0 fully saturated rings. The monoisotopic (exact) mass is 371 g/mol. The molecule has 1 aliphatic rings. The van der Waals surface area contributed by atoms with Crippen LogP contribution in [0.25, 0.3) is 11.3 Å². The predicted octanol–water partition coefficient (Wildman–Crippen LogP) is 1.65. The Hall–Kier alpha value is -3.07. The van der Waals surface area contributed by atoms with E-state index in [1.165, 1.54) is 18.3 Å². The second kappa shape index (κ2) is 7.87. The van der Waals surface area contributed by atoms with Crippen LogP contribution in [0.2, 0.25) is 0 Å². The lowest BCUT2D eigenvalue weighted by atomic mass is 10.1. The van der Waals surface area contributed by atoms with Gasteiger partial charge in [0.1, 0.15) is 5.71 Å². The summed E-state index contributed by atoms with van der Waals surface area (Å²) in [6, 6.07) is 7.67. The van der Waals surface area contributed by atoms with Crippen molar-refractivity contribution in [3.05, 3.63) is 35.2 Å². The van der Waals surface area contributed by atoms with E-state index >= 15 is 0 Å². The molecule has 0 radical (unpaired) electrons. The zero-order chi connectivity index (χ0) is 18.5. The smallest absolute Gasteiger partial charge is 0.273 e. The van der Waals surface area contributed by atoms with Crippen LogP contribution in [-0.4, -0.2) is 28.4 Å². The fourth-order valence-electron chi connectivity index (χ4n) is 2.29. The van der Waals surface area contributed by atoms with Crippen molar-refractivity contribution >= 4 is 39.9 Å². The number of hydrazone groups is 1. The van der Waals surface area contributed by atoms with Gasteiger partial charge in [-0.15, -0.1) is 11.3 Å². The predicted molar refractivity (Wildman–Crippen MR) is 98.5 cm³/mol. The first-order chi connectivity index (χ1) is 12.5. The van der Waals surface area contributed by atoms with Crippen molar-refractivity contribution < 1.29 is 14.4 Å². The quantitative estimate of drug-likeness (QED) is 0.742. The van der Waals surface area contributed by atoms with Gasteiger partial charge < -0.3 is 5.32 Å². The van der Waals surface area contributed by atoms with Gasteiger partial charge in [0.2, 0.25) is 11.8 Å². The topological polar surface area (TPSA) is 113 Å². The van der Waals surface area contributed by atoms with Crippen LogP contribution in [0.4, 0.5) is 5.13 Å². The Labute approximate surface area is 153 Å². The first-order valence-corrected chi connectivity index (χ1v) is 8.85. The van der Waals surface area contributed by atoms with Gasteiger partial charge in [0.05, 0.1) is 5.69 Å². The Balaban J connectivity index is 1.63. The molecule has 0 aliphatic carbocycles. The van der Waals surface area contributed by atoms with Crippen molar-refractivity contribution in [3.8, 4) is 11.3 Å². The number of carbonyl (C=O) groups excluding carboxylic acids is 3. The van der Waals surface area contributed by atoms with Gasteiger partial charge in [0.25, 0.3) is 5.91 Å². The maximum atomic E-state index is 12.1. The fourth-order valence-corrected chi connectivity index (χ4v) is 3.01. The molecule has 1 aliphatic heterocycles. The third-order valence-electron chi connectivity index (χ3n) is 3.68. The van der Waals surface area contributed by atoms with E-state index in [1.54, 1.807) is 0 Å². The Morgan fingerprint density at radius 2 is 2.00 bits per heavy atom. The molecule has 3 N–H and O–H groups in total. The SMILES string of the molecule is CC(=O)NCc1ccc(-c2csc(NC(=O)C3=NNC(=O)CC3)n2)cc1. The number of hydrogen-bond donors (Lipinski definition) is 3. The molecule has 2 aromatic rings. The highest BCUT2D eigenvalue weighted by Gasteiger charge is 2.19. The largest absolute Gasteiger partial charge is 0.352 e. The molecule has 9 heteroatoms. The van der Waals surface area contributed by atoms with Crippen LogP contribution in [0, 0.1) is 0 Å². The van der Waals surface area contributed by atoms with Crippen molar-refractivity contribution in [1.82, 2.24) is 15.7 Å². The highest BCUT2D eigenvalue weighted by Crippen LogP contribution is 2.25. The Morgan fingerprint density at radius 1 is 1.23 bits per heavy atom. The molecule has 1 aromatic carbocycles. The third-order valence-corrected chi connectivity index (χ3v) is 4.44. The summed E-state index contributed by atoms with van der Waals surface area (Å²) in [5.41, 5.74) is 5.23. The molecule has 0 bridgehead atoms. The number of hydrogen-bond acceptors (Lipinski definition) is 6. The van der Waals surface area contributed by atoms with Gasteiger partial charge in [-0.25, -0.2) is 10.4 Å². The molecule has 1 aromatic heterocycles. The van der Waals surface area contributed by atoms with E-state index in [1.807, 2.05) is 29.6 Å². The van der Waals surface area contributed by atoms with Crippen LogP contribution in [0.15, 0.2) is 34.7 Å². The summed E-state index contributed by atoms with van der Waals surface area (Å²) in [6.07, 6.45) is 0.561. The molecule has 0 spiro atoms. The van der Waals surface area contributed by atoms with Gasteiger partial charge in [-0.2, -0.15) is 5.10 Å². The number of aromatic nitrogens is 1. The lowest BCUT2D eigenvalue weighted by Gasteiger charge is -2.10. The number of carbonyl (C=O) groups is 3. The zero-order valence-corrected chi connectivity index (χ0v) is 14.9. The summed E-state index contributed by atoms with van der Waals surface area (Å²) in [7, 11) is 0. The summed E-state index contributed by atoms with van der Waals surface area (Å²) in [5.74, 6) is -0.632. The number of nitrogens with one attached hydrogen (secondary N) is 3. The highest BCUT2D eigenvalue weighted by molar-refractivity contribution is 7.14. The van der Waals surface area contributed by atoms with E-state index < -0.39 is 0 Å². The second-order valence-electron chi connectivity index (χ2n) is 5.69. The summed E-state index contributed by atoms with van der Waals surface area (Å²) >= 11 is 1.31. The summed E-state index contributed by atoms with van der Waals surface area (Å²) in [5, 5.41) is 11.5. The van der Waals surface area contributed by atoms with E-state index in [0.717, 1.165) is 16.8 Å². The average Bonchev–Trinajstić information content (AvgIpc) is 3.09. The molecule has 0 atom stereocenters. The fraction of sp³-hybridized carbons (Fsp3) is 0.235. The third kappa shape index (κ3) is 4.51. The van der Waals surface area contributed by atoms with E-state index in [0.29, 0.717) is 18.1 Å². The van der Waals surface area contributed by atoms with Crippen LogP contribution in [0.5, 0.6) is 0 Å². The first-order valence-electron chi connectivity index (χ1n) is 7.97. The molecule has 134 valence electrons. The van der Waals surface area contributed by atoms with Crippen LogP contribution < -0.4 is 16.1 Å². The maximum absolute atomic E-state index is 12.1. The van der Waals surface area contributed by atoms with Gasteiger partial charge in [-0.3, -0.25) is 19.7 Å². The molecule has 0 saturated carbocycles. The minimum Gasteiger partial charge on any atom is -0.352 e. The number of rotatable bonds is 5. The summed E-state index contributed by atoms with van der Waals surface area (Å²) < 4.78 is 0. The number of amides is 3. The molecule has 0 saturated heterocycles. The molecule has 3 amide bonds. The van der Waals surface area contributed by atoms with Crippen LogP contribution in [-0.2, 0) is 20.9 Å². The van der Waals surface area contributed by atoms with E-state index in [-0.39, 0.29) is 29.9 Å². The van der Waals surface area contributed by atoms with Crippen LogP contribution >= 0.6 is 11.3 Å². The van der Waals surface area contributed by atoms with Gasteiger partial charge in [-0.1, -0.05) is 24.3 Å². The van der Waals surface area contributed by atoms with Crippen molar-refractivity contribution in [1.29, 1.82) is 0 Å². The second-order valence-corrected chi connectivity index (χ2v) is 6.55. The molecule has 3 rings (SSSR count). The molecule has 26 heavy (non-hydrogen) atoms. The number of benzene rings is 1.